The first-order chi connectivity index (χ1) is 9.24. The summed E-state index contributed by atoms with van der Waals surface area (Å²) in [5.74, 6) is -0.143. The lowest BCUT2D eigenvalue weighted by Crippen LogP contribution is -2.20. The topological polar surface area (TPSA) is 29.1 Å². The van der Waals surface area contributed by atoms with Crippen LogP contribution in [0.1, 0.15) is 29.5 Å². The number of amides is 1. The number of nitrogens with one attached hydrogen (secondary N) is 1. The van der Waals surface area contributed by atoms with Gasteiger partial charge >= 0.3 is 0 Å². The second-order valence-corrected chi connectivity index (χ2v) is 4.82. The summed E-state index contributed by atoms with van der Waals surface area (Å²) < 4.78 is 13.0. The lowest BCUT2D eigenvalue weighted by Gasteiger charge is -2.19. The molecule has 0 aliphatic carbocycles. The Morgan fingerprint density at radius 2 is 1.63 bits per heavy atom. The van der Waals surface area contributed by atoms with Gasteiger partial charge in [0, 0.05) is 12.3 Å². The van der Waals surface area contributed by atoms with Gasteiger partial charge in [-0.25, -0.2) is 4.39 Å². The van der Waals surface area contributed by atoms with Crippen LogP contribution in [-0.4, -0.2) is 5.91 Å². The highest BCUT2D eigenvalue weighted by molar-refractivity contribution is 5.80. The van der Waals surface area contributed by atoms with Gasteiger partial charge in [0.15, 0.2) is 0 Å². The smallest absolute Gasteiger partial charge is 0.221 e. The third-order valence-corrected chi connectivity index (χ3v) is 3.58. The van der Waals surface area contributed by atoms with E-state index in [0.717, 1.165) is 11.1 Å². The molecule has 0 radical (unpaired) electrons. The zero-order valence-corrected chi connectivity index (χ0v) is 10.3. The fraction of sp³-hybridized carbons (Fsp3) is 0.188. The molecule has 3 heteroatoms. The van der Waals surface area contributed by atoms with Crippen LogP contribution in [0.25, 0.3) is 0 Å². The highest BCUT2D eigenvalue weighted by Gasteiger charge is 2.34. The monoisotopic (exact) mass is 255 g/mol. The summed E-state index contributed by atoms with van der Waals surface area (Å²) in [6.45, 7) is 0. The van der Waals surface area contributed by atoms with E-state index in [-0.39, 0.29) is 23.7 Å². The number of carbonyl (C=O) groups is 1. The van der Waals surface area contributed by atoms with Gasteiger partial charge in [-0.2, -0.15) is 0 Å². The quantitative estimate of drug-likeness (QED) is 0.877. The van der Waals surface area contributed by atoms with E-state index < -0.39 is 0 Å². The molecule has 2 aromatic rings. The molecule has 1 fully saturated rings. The lowest BCUT2D eigenvalue weighted by molar-refractivity contribution is -0.119. The minimum atomic E-state index is -0.253. The lowest BCUT2D eigenvalue weighted by atomic mass is 9.88. The average Bonchev–Trinajstić information content (AvgIpc) is 2.83. The van der Waals surface area contributed by atoms with Crippen molar-refractivity contribution in [3.05, 3.63) is 71.5 Å². The molecule has 0 bridgehead atoms. The molecule has 0 spiro atoms. The van der Waals surface area contributed by atoms with Gasteiger partial charge < -0.3 is 5.32 Å². The Morgan fingerprint density at radius 3 is 2.32 bits per heavy atom. The maximum Gasteiger partial charge on any atom is 0.221 e. The number of benzene rings is 2. The van der Waals surface area contributed by atoms with Gasteiger partial charge in [0.2, 0.25) is 5.91 Å². The summed E-state index contributed by atoms with van der Waals surface area (Å²) >= 11 is 0. The largest absolute Gasteiger partial charge is 0.349 e. The minimum Gasteiger partial charge on any atom is -0.349 e. The molecule has 1 aliphatic heterocycles. The number of hydrogen-bond donors (Lipinski definition) is 1. The summed E-state index contributed by atoms with van der Waals surface area (Å²) in [5.41, 5.74) is 2.08. The van der Waals surface area contributed by atoms with Crippen molar-refractivity contribution >= 4 is 5.91 Å². The van der Waals surface area contributed by atoms with E-state index in [1.165, 1.54) is 12.1 Å². The molecule has 2 atom stereocenters. The molecule has 2 unspecified atom stereocenters. The number of rotatable bonds is 2. The first-order valence-electron chi connectivity index (χ1n) is 6.34. The summed E-state index contributed by atoms with van der Waals surface area (Å²) in [5, 5.41) is 3.00. The van der Waals surface area contributed by atoms with Gasteiger partial charge in [0.25, 0.3) is 0 Å². The van der Waals surface area contributed by atoms with Gasteiger partial charge in [-0.15, -0.1) is 0 Å². The minimum absolute atomic E-state index is 0.0286. The van der Waals surface area contributed by atoms with Gasteiger partial charge in [-0.3, -0.25) is 4.79 Å². The van der Waals surface area contributed by atoms with Gasteiger partial charge in [0.05, 0.1) is 6.04 Å². The van der Waals surface area contributed by atoms with Crippen LogP contribution >= 0.6 is 0 Å². The maximum atomic E-state index is 13.0. The van der Waals surface area contributed by atoms with Crippen molar-refractivity contribution in [3.8, 4) is 0 Å². The Hall–Kier alpha value is -2.16. The number of halogens is 1. The molecule has 1 amide bonds. The van der Waals surface area contributed by atoms with Gasteiger partial charge in [0.1, 0.15) is 5.82 Å². The maximum absolute atomic E-state index is 13.0. The van der Waals surface area contributed by atoms with Crippen molar-refractivity contribution in [3.63, 3.8) is 0 Å². The van der Waals surface area contributed by atoms with E-state index in [1.54, 1.807) is 12.1 Å². The predicted octanol–water partition coefficient (Wildman–Crippen LogP) is 3.17. The Balaban J connectivity index is 1.95. The van der Waals surface area contributed by atoms with Crippen LogP contribution < -0.4 is 5.32 Å². The Kier molecular flexibility index (Phi) is 3.03. The van der Waals surface area contributed by atoms with Crippen LogP contribution in [0.3, 0.4) is 0 Å². The standard InChI is InChI=1S/C16H14FNO/c17-13-8-6-11(7-9-13)14-10-15(19)18-16(14)12-4-2-1-3-5-12/h1-9,14,16H,10H2,(H,18,19). The van der Waals surface area contributed by atoms with E-state index in [4.69, 9.17) is 0 Å². The van der Waals surface area contributed by atoms with Crippen LogP contribution in [0.2, 0.25) is 0 Å². The second kappa shape index (κ2) is 4.84. The van der Waals surface area contributed by atoms with Crippen LogP contribution in [0.4, 0.5) is 4.39 Å². The summed E-state index contributed by atoms with van der Waals surface area (Å²) in [6.07, 6.45) is 0.450. The Labute approximate surface area is 111 Å². The SMILES string of the molecule is O=C1CC(c2ccc(F)cc2)C(c2ccccc2)N1. The molecular weight excluding hydrogens is 241 g/mol. The van der Waals surface area contributed by atoms with Crippen molar-refractivity contribution in [1.29, 1.82) is 0 Å². The molecular formula is C16H14FNO. The molecule has 2 nitrogen and oxygen atoms in total. The van der Waals surface area contributed by atoms with E-state index in [9.17, 15) is 9.18 Å². The van der Waals surface area contributed by atoms with Crippen LogP contribution in [0.15, 0.2) is 54.6 Å². The van der Waals surface area contributed by atoms with Crippen LogP contribution in [0, 0.1) is 5.82 Å². The van der Waals surface area contributed by atoms with Crippen molar-refractivity contribution in [2.24, 2.45) is 0 Å². The molecule has 0 aromatic heterocycles. The summed E-state index contributed by atoms with van der Waals surface area (Å²) in [6, 6.07) is 16.3. The average molecular weight is 255 g/mol. The molecule has 19 heavy (non-hydrogen) atoms. The van der Waals surface area contributed by atoms with E-state index in [2.05, 4.69) is 5.32 Å². The third-order valence-electron chi connectivity index (χ3n) is 3.58. The van der Waals surface area contributed by atoms with Crippen LogP contribution in [0.5, 0.6) is 0 Å². The Morgan fingerprint density at radius 1 is 0.947 bits per heavy atom. The molecule has 2 aromatic carbocycles. The highest BCUT2D eigenvalue weighted by Crippen LogP contribution is 2.38. The van der Waals surface area contributed by atoms with E-state index in [1.807, 2.05) is 30.3 Å². The van der Waals surface area contributed by atoms with Crippen LogP contribution in [-0.2, 0) is 4.79 Å². The zero-order valence-electron chi connectivity index (χ0n) is 10.3. The fourth-order valence-corrected chi connectivity index (χ4v) is 2.65. The molecule has 1 aliphatic rings. The normalized spacial score (nSPS) is 22.3. The van der Waals surface area contributed by atoms with E-state index in [0.29, 0.717) is 6.42 Å². The molecule has 3 rings (SSSR count). The molecule has 1 saturated heterocycles. The number of hydrogen-bond acceptors (Lipinski definition) is 1. The highest BCUT2D eigenvalue weighted by atomic mass is 19.1. The first kappa shape index (κ1) is 11.9. The van der Waals surface area contributed by atoms with Crippen molar-refractivity contribution in [1.82, 2.24) is 5.32 Å². The molecule has 96 valence electrons. The van der Waals surface area contributed by atoms with Crippen molar-refractivity contribution < 1.29 is 9.18 Å². The summed E-state index contributed by atoms with van der Waals surface area (Å²) in [4.78, 5) is 11.7. The zero-order chi connectivity index (χ0) is 13.2. The first-order valence-corrected chi connectivity index (χ1v) is 6.34. The fourth-order valence-electron chi connectivity index (χ4n) is 2.65. The molecule has 1 heterocycles. The third kappa shape index (κ3) is 2.36. The molecule has 0 saturated carbocycles. The van der Waals surface area contributed by atoms with Crippen molar-refractivity contribution in [2.75, 3.05) is 0 Å². The molecule has 1 N–H and O–H groups in total. The second-order valence-electron chi connectivity index (χ2n) is 4.82. The van der Waals surface area contributed by atoms with Gasteiger partial charge in [-0.1, -0.05) is 42.5 Å². The summed E-state index contributed by atoms with van der Waals surface area (Å²) in [7, 11) is 0. The predicted molar refractivity (Wildman–Crippen MR) is 71.1 cm³/mol. The van der Waals surface area contributed by atoms with Gasteiger partial charge in [-0.05, 0) is 23.3 Å². The van der Waals surface area contributed by atoms with E-state index >= 15 is 0 Å². The number of carbonyl (C=O) groups excluding carboxylic acids is 1. The van der Waals surface area contributed by atoms with Crippen molar-refractivity contribution in [2.45, 2.75) is 18.4 Å². The Bertz CT molecular complexity index is 579.